The largest absolute Gasteiger partial charge is 0.490 e. The van der Waals surface area contributed by atoms with Gasteiger partial charge in [0.25, 0.3) is 0 Å². The Kier molecular flexibility index (Phi) is 9.83. The average molecular weight is 464 g/mol. The van der Waals surface area contributed by atoms with Crippen molar-refractivity contribution >= 4 is 12.0 Å². The molecule has 2 aliphatic heterocycles. The van der Waals surface area contributed by atoms with Crippen molar-refractivity contribution in [2.24, 2.45) is 0 Å². The van der Waals surface area contributed by atoms with Crippen molar-refractivity contribution < 1.29 is 9.53 Å². The summed E-state index contributed by atoms with van der Waals surface area (Å²) in [5.41, 5.74) is 3.72. The molecule has 0 unspecified atom stereocenters. The Morgan fingerprint density at radius 1 is 0.824 bits per heavy atom. The predicted octanol–water partition coefficient (Wildman–Crippen LogP) is 5.71. The molecule has 5 nitrogen and oxygen atoms in total. The van der Waals surface area contributed by atoms with Gasteiger partial charge in [-0.2, -0.15) is 0 Å². The van der Waals surface area contributed by atoms with Gasteiger partial charge in [-0.05, 0) is 94.5 Å². The van der Waals surface area contributed by atoms with E-state index in [1.165, 1.54) is 77.7 Å². The quantitative estimate of drug-likeness (QED) is 0.323. The maximum absolute atomic E-state index is 11.6. The van der Waals surface area contributed by atoms with Gasteiger partial charge in [-0.25, -0.2) is 0 Å². The molecular weight excluding hydrogens is 422 g/mol. The predicted molar refractivity (Wildman–Crippen MR) is 141 cm³/mol. The van der Waals surface area contributed by atoms with Gasteiger partial charge in [-0.15, -0.1) is 0 Å². The van der Waals surface area contributed by atoms with Crippen LogP contribution in [0.4, 0.5) is 5.69 Å². The number of carbonyl (C=O) groups is 1. The van der Waals surface area contributed by atoms with E-state index in [4.69, 9.17) is 4.74 Å². The van der Waals surface area contributed by atoms with Crippen molar-refractivity contribution in [1.29, 1.82) is 0 Å². The normalized spacial score (nSPS) is 17.4. The lowest BCUT2D eigenvalue weighted by Gasteiger charge is -2.26. The fraction of sp³-hybridized carbons (Fsp3) is 0.552. The van der Waals surface area contributed by atoms with Crippen LogP contribution < -0.4 is 10.1 Å². The molecule has 0 aliphatic carbocycles. The molecule has 2 fully saturated rings. The van der Waals surface area contributed by atoms with Gasteiger partial charge in [0.15, 0.2) is 6.29 Å². The second-order valence-electron chi connectivity index (χ2n) is 9.70. The minimum Gasteiger partial charge on any atom is -0.490 e. The van der Waals surface area contributed by atoms with E-state index < -0.39 is 0 Å². The third-order valence-electron chi connectivity index (χ3n) is 7.16. The zero-order chi connectivity index (χ0) is 23.4. The molecule has 2 saturated heterocycles. The molecule has 0 saturated carbocycles. The second kappa shape index (κ2) is 13.5. The zero-order valence-electron chi connectivity index (χ0n) is 20.6. The first-order chi connectivity index (χ1) is 16.8. The fourth-order valence-corrected chi connectivity index (χ4v) is 5.15. The molecule has 0 spiro atoms. The minimum absolute atomic E-state index is 0.683. The van der Waals surface area contributed by atoms with Crippen LogP contribution in [0, 0.1) is 0 Å². The molecule has 2 aliphatic rings. The molecule has 4 rings (SSSR count). The molecule has 0 aromatic heterocycles. The van der Waals surface area contributed by atoms with Crippen LogP contribution in [-0.2, 0) is 0 Å². The summed E-state index contributed by atoms with van der Waals surface area (Å²) in [4.78, 5) is 16.7. The minimum atomic E-state index is 0.683. The number of benzene rings is 2. The van der Waals surface area contributed by atoms with Crippen LogP contribution in [0.3, 0.4) is 0 Å². The van der Waals surface area contributed by atoms with Crippen LogP contribution >= 0.6 is 0 Å². The summed E-state index contributed by atoms with van der Waals surface area (Å²) in [7, 11) is 0. The third-order valence-corrected chi connectivity index (χ3v) is 7.16. The van der Waals surface area contributed by atoms with Crippen LogP contribution in [0.25, 0.3) is 11.1 Å². The molecule has 34 heavy (non-hydrogen) atoms. The Morgan fingerprint density at radius 3 is 2.26 bits per heavy atom. The van der Waals surface area contributed by atoms with Crippen molar-refractivity contribution in [1.82, 2.24) is 9.80 Å². The van der Waals surface area contributed by atoms with Gasteiger partial charge < -0.3 is 15.0 Å². The highest BCUT2D eigenvalue weighted by Gasteiger charge is 2.13. The lowest BCUT2D eigenvalue weighted by molar-refractivity contribution is 0.112. The molecule has 5 heteroatoms. The summed E-state index contributed by atoms with van der Waals surface area (Å²) >= 11 is 0. The first-order valence-corrected chi connectivity index (χ1v) is 13.3. The maximum atomic E-state index is 11.6. The number of carbonyl (C=O) groups excluding carboxylic acids is 1. The first-order valence-electron chi connectivity index (χ1n) is 13.3. The van der Waals surface area contributed by atoms with Crippen LogP contribution in [-0.4, -0.2) is 68.5 Å². The van der Waals surface area contributed by atoms with Crippen LogP contribution in [0.1, 0.15) is 61.7 Å². The molecule has 0 radical (unpaired) electrons. The summed E-state index contributed by atoms with van der Waals surface area (Å²) in [6.45, 7) is 8.70. The van der Waals surface area contributed by atoms with Crippen LogP contribution in [0.15, 0.2) is 42.5 Å². The van der Waals surface area contributed by atoms with Gasteiger partial charge in [-0.3, -0.25) is 9.69 Å². The summed E-state index contributed by atoms with van der Waals surface area (Å²) in [5, 5.41) is 3.62. The van der Waals surface area contributed by atoms with Gasteiger partial charge >= 0.3 is 0 Å². The van der Waals surface area contributed by atoms with Crippen molar-refractivity contribution in [2.45, 2.75) is 51.4 Å². The van der Waals surface area contributed by atoms with E-state index in [1.807, 2.05) is 24.3 Å². The third kappa shape index (κ3) is 7.31. The average Bonchev–Trinajstić information content (AvgIpc) is 2.90. The van der Waals surface area contributed by atoms with E-state index in [9.17, 15) is 4.79 Å². The number of anilines is 1. The van der Waals surface area contributed by atoms with E-state index >= 15 is 0 Å². The Balaban J connectivity index is 1.37. The topological polar surface area (TPSA) is 44.8 Å². The van der Waals surface area contributed by atoms with Gasteiger partial charge in [0.05, 0.1) is 5.69 Å². The molecule has 0 bridgehead atoms. The van der Waals surface area contributed by atoms with E-state index in [2.05, 4.69) is 33.3 Å². The molecule has 1 N–H and O–H groups in total. The van der Waals surface area contributed by atoms with Crippen LogP contribution in [0.2, 0.25) is 0 Å². The number of ether oxygens (including phenoxy) is 1. The molecule has 0 amide bonds. The highest BCUT2D eigenvalue weighted by Crippen LogP contribution is 2.32. The highest BCUT2D eigenvalue weighted by atomic mass is 16.5. The van der Waals surface area contributed by atoms with Crippen LogP contribution in [0.5, 0.6) is 5.75 Å². The van der Waals surface area contributed by atoms with Crippen molar-refractivity contribution in [3.63, 3.8) is 0 Å². The number of hydrogen-bond donors (Lipinski definition) is 1. The first kappa shape index (κ1) is 24.7. The smallest absolute Gasteiger partial charge is 0.150 e. The van der Waals surface area contributed by atoms with E-state index in [0.717, 1.165) is 48.4 Å². The lowest BCUT2D eigenvalue weighted by atomic mass is 10.00. The molecule has 2 aromatic rings. The van der Waals surface area contributed by atoms with Gasteiger partial charge in [0.2, 0.25) is 0 Å². The number of piperidine rings is 2. The number of likely N-dealkylation sites (tertiary alicyclic amines) is 2. The Morgan fingerprint density at radius 2 is 1.53 bits per heavy atom. The summed E-state index contributed by atoms with van der Waals surface area (Å²) in [6.07, 6.45) is 11.4. The lowest BCUT2D eigenvalue weighted by Crippen LogP contribution is -2.33. The number of aldehydes is 1. The maximum Gasteiger partial charge on any atom is 0.150 e. The van der Waals surface area contributed by atoms with E-state index in [1.54, 1.807) is 0 Å². The molecule has 2 aromatic carbocycles. The Labute approximate surface area is 205 Å². The van der Waals surface area contributed by atoms with Gasteiger partial charge in [0, 0.05) is 18.7 Å². The second-order valence-corrected chi connectivity index (χ2v) is 9.70. The number of unbranched alkanes of at least 4 members (excludes halogenated alkanes) is 1. The van der Waals surface area contributed by atoms with Crippen molar-refractivity contribution in [3.8, 4) is 16.9 Å². The number of rotatable bonds is 12. The zero-order valence-corrected chi connectivity index (χ0v) is 20.6. The van der Waals surface area contributed by atoms with Gasteiger partial charge in [-0.1, -0.05) is 43.2 Å². The van der Waals surface area contributed by atoms with Crippen molar-refractivity contribution in [2.75, 3.05) is 57.7 Å². The van der Waals surface area contributed by atoms with Crippen molar-refractivity contribution in [3.05, 3.63) is 48.0 Å². The number of hydrogen-bond acceptors (Lipinski definition) is 5. The molecule has 0 atom stereocenters. The highest BCUT2D eigenvalue weighted by molar-refractivity contribution is 5.88. The number of nitrogens with one attached hydrogen (secondary N) is 1. The Bertz CT molecular complexity index is 889. The SMILES string of the molecule is O=Cc1ccccc1-c1ccc(NCCCCN2CCCCC2)c(OCCN2CCCCC2)c1. The molecular formula is C29H41N3O2. The molecule has 184 valence electrons. The van der Waals surface area contributed by atoms with Gasteiger partial charge in [0.1, 0.15) is 12.4 Å². The number of nitrogens with zero attached hydrogens (tertiary/aromatic N) is 2. The summed E-state index contributed by atoms with van der Waals surface area (Å²) in [6, 6.07) is 14.1. The van der Waals surface area contributed by atoms with E-state index in [0.29, 0.717) is 12.2 Å². The fourth-order valence-electron chi connectivity index (χ4n) is 5.15. The monoisotopic (exact) mass is 463 g/mol. The van der Waals surface area contributed by atoms with E-state index in [-0.39, 0.29) is 0 Å². The Hall–Kier alpha value is -2.37. The summed E-state index contributed by atoms with van der Waals surface area (Å²) < 4.78 is 6.33. The standard InChI is InChI=1S/C29H41N3O2/c33-24-26-11-3-4-12-27(26)25-13-14-28(30-15-5-10-20-31-16-6-1-7-17-31)29(23-25)34-22-21-32-18-8-2-9-19-32/h3-4,11-14,23-24,30H,1-2,5-10,15-22H2. The molecule has 2 heterocycles. The summed E-state index contributed by atoms with van der Waals surface area (Å²) in [5.74, 6) is 0.881.